The molecule has 19 heavy (non-hydrogen) atoms. The van der Waals surface area contributed by atoms with Crippen molar-refractivity contribution in [1.82, 2.24) is 9.80 Å². The summed E-state index contributed by atoms with van der Waals surface area (Å²) in [5, 5.41) is 0. The van der Waals surface area contributed by atoms with Gasteiger partial charge >= 0.3 is 0 Å². The van der Waals surface area contributed by atoms with Crippen molar-refractivity contribution in [1.29, 1.82) is 0 Å². The van der Waals surface area contributed by atoms with Crippen LogP contribution in [0, 0.1) is 11.3 Å². The van der Waals surface area contributed by atoms with E-state index in [-0.39, 0.29) is 0 Å². The Kier molecular flexibility index (Phi) is 4.59. The molecule has 1 aliphatic heterocycles. The van der Waals surface area contributed by atoms with Gasteiger partial charge in [-0.3, -0.25) is 9.80 Å². The second kappa shape index (κ2) is 5.71. The third-order valence-electron chi connectivity index (χ3n) is 5.50. The molecule has 1 heterocycles. The van der Waals surface area contributed by atoms with Gasteiger partial charge in [-0.05, 0) is 51.5 Å². The Morgan fingerprint density at radius 3 is 2.32 bits per heavy atom. The van der Waals surface area contributed by atoms with Gasteiger partial charge in [-0.1, -0.05) is 13.8 Å². The average molecular weight is 267 g/mol. The molecule has 0 aromatic heterocycles. The van der Waals surface area contributed by atoms with Gasteiger partial charge in [-0.15, -0.1) is 0 Å². The van der Waals surface area contributed by atoms with Gasteiger partial charge < -0.3 is 5.73 Å². The summed E-state index contributed by atoms with van der Waals surface area (Å²) in [5.74, 6) is 0.687. The van der Waals surface area contributed by atoms with E-state index < -0.39 is 0 Å². The lowest BCUT2D eigenvalue weighted by molar-refractivity contribution is 0.0336. The Balaban J connectivity index is 1.93. The van der Waals surface area contributed by atoms with E-state index in [0.717, 1.165) is 0 Å². The number of hydrogen-bond donors (Lipinski definition) is 1. The van der Waals surface area contributed by atoms with E-state index in [4.69, 9.17) is 5.73 Å². The van der Waals surface area contributed by atoms with Gasteiger partial charge in [0, 0.05) is 37.8 Å². The van der Waals surface area contributed by atoms with Crippen molar-refractivity contribution in [2.45, 2.75) is 65.1 Å². The first kappa shape index (κ1) is 15.3. The first-order chi connectivity index (χ1) is 8.78. The quantitative estimate of drug-likeness (QED) is 0.832. The van der Waals surface area contributed by atoms with Crippen molar-refractivity contribution in [2.24, 2.45) is 17.1 Å². The Bertz CT molecular complexity index is 290. The van der Waals surface area contributed by atoms with Crippen LogP contribution < -0.4 is 5.73 Å². The van der Waals surface area contributed by atoms with Crippen molar-refractivity contribution >= 4 is 0 Å². The van der Waals surface area contributed by atoms with Crippen LogP contribution >= 0.6 is 0 Å². The predicted molar refractivity (Wildman–Crippen MR) is 82.2 cm³/mol. The van der Waals surface area contributed by atoms with Crippen molar-refractivity contribution in [3.05, 3.63) is 0 Å². The second-order valence-electron chi connectivity index (χ2n) is 7.91. The number of nitrogens with two attached hydrogens (primary N) is 1. The summed E-state index contributed by atoms with van der Waals surface area (Å²) in [6.45, 7) is 13.1. The molecule has 2 fully saturated rings. The zero-order valence-electron chi connectivity index (χ0n) is 13.5. The fraction of sp³-hybridized carbons (Fsp3) is 1.00. The fourth-order valence-corrected chi connectivity index (χ4v) is 3.95. The molecular formula is C16H33N3. The van der Waals surface area contributed by atoms with Crippen LogP contribution in [0.2, 0.25) is 0 Å². The maximum atomic E-state index is 6.38. The highest BCUT2D eigenvalue weighted by Gasteiger charge is 2.35. The normalized spacial score (nSPS) is 41.4. The third-order valence-corrected chi connectivity index (χ3v) is 5.50. The van der Waals surface area contributed by atoms with Gasteiger partial charge in [0.15, 0.2) is 0 Å². The molecule has 1 saturated heterocycles. The zero-order valence-corrected chi connectivity index (χ0v) is 13.5. The lowest BCUT2D eigenvalue weighted by atomic mass is 9.70. The minimum absolute atomic E-state index is 0.415. The molecular weight excluding hydrogens is 234 g/mol. The summed E-state index contributed by atoms with van der Waals surface area (Å²) < 4.78 is 0. The average Bonchev–Trinajstić information content (AvgIpc) is 2.30. The first-order valence-corrected chi connectivity index (χ1v) is 7.98. The van der Waals surface area contributed by atoms with Crippen molar-refractivity contribution < 1.29 is 0 Å². The van der Waals surface area contributed by atoms with Gasteiger partial charge in [0.05, 0.1) is 0 Å². The van der Waals surface area contributed by atoms with E-state index in [9.17, 15) is 0 Å². The second-order valence-corrected chi connectivity index (χ2v) is 7.91. The molecule has 1 saturated carbocycles. The lowest BCUT2D eigenvalue weighted by Crippen LogP contribution is -2.57. The summed E-state index contributed by atoms with van der Waals surface area (Å²) in [5.41, 5.74) is 6.87. The summed E-state index contributed by atoms with van der Waals surface area (Å²) >= 11 is 0. The molecule has 3 heteroatoms. The Labute approximate surface area is 119 Å². The molecule has 0 radical (unpaired) electrons. The Morgan fingerprint density at radius 1 is 1.16 bits per heavy atom. The molecule has 112 valence electrons. The zero-order chi connectivity index (χ0) is 14.2. The van der Waals surface area contributed by atoms with E-state index in [1.165, 1.54) is 38.9 Å². The van der Waals surface area contributed by atoms with Gasteiger partial charge in [0.2, 0.25) is 0 Å². The molecule has 4 unspecified atom stereocenters. The third kappa shape index (κ3) is 3.71. The van der Waals surface area contributed by atoms with E-state index in [2.05, 4.69) is 44.5 Å². The highest BCUT2D eigenvalue weighted by Crippen LogP contribution is 2.38. The molecule has 2 rings (SSSR count). The van der Waals surface area contributed by atoms with Gasteiger partial charge in [0.25, 0.3) is 0 Å². The minimum atomic E-state index is 0.415. The monoisotopic (exact) mass is 267 g/mol. The summed E-state index contributed by atoms with van der Waals surface area (Å²) in [6.07, 6.45) is 3.79. The van der Waals surface area contributed by atoms with E-state index >= 15 is 0 Å². The van der Waals surface area contributed by atoms with Crippen LogP contribution in [0.15, 0.2) is 0 Å². The number of piperazine rings is 1. The van der Waals surface area contributed by atoms with Crippen LogP contribution in [0.4, 0.5) is 0 Å². The van der Waals surface area contributed by atoms with E-state index in [1.54, 1.807) is 0 Å². The maximum Gasteiger partial charge on any atom is 0.0195 e. The van der Waals surface area contributed by atoms with Gasteiger partial charge in [0.1, 0.15) is 0 Å². The molecule has 0 aromatic rings. The van der Waals surface area contributed by atoms with Gasteiger partial charge in [-0.2, -0.15) is 0 Å². The topological polar surface area (TPSA) is 32.5 Å². The molecule has 1 aliphatic carbocycles. The smallest absolute Gasteiger partial charge is 0.0195 e. The molecule has 3 nitrogen and oxygen atoms in total. The maximum absolute atomic E-state index is 6.38. The van der Waals surface area contributed by atoms with Crippen molar-refractivity contribution in [3.63, 3.8) is 0 Å². The molecule has 0 spiro atoms. The van der Waals surface area contributed by atoms with Crippen LogP contribution in [0.1, 0.15) is 47.0 Å². The van der Waals surface area contributed by atoms with Crippen LogP contribution in [0.3, 0.4) is 0 Å². The number of hydrogen-bond acceptors (Lipinski definition) is 3. The standard InChI is InChI=1S/C16H33N3/c1-12-9-19(10-13(2)18(12)5)11-14-8-16(3,4)7-6-15(14)17/h12-15H,6-11,17H2,1-5H3. The predicted octanol–water partition coefficient (Wildman–Crippen LogP) is 2.16. The van der Waals surface area contributed by atoms with E-state index in [0.29, 0.717) is 29.5 Å². The van der Waals surface area contributed by atoms with Crippen LogP contribution in [-0.2, 0) is 0 Å². The van der Waals surface area contributed by atoms with Crippen molar-refractivity contribution in [2.75, 3.05) is 26.7 Å². The number of nitrogens with zero attached hydrogens (tertiary/aromatic N) is 2. The van der Waals surface area contributed by atoms with Crippen LogP contribution in [-0.4, -0.2) is 54.6 Å². The largest absolute Gasteiger partial charge is 0.327 e. The molecule has 2 aliphatic rings. The summed E-state index contributed by atoms with van der Waals surface area (Å²) in [4.78, 5) is 5.16. The van der Waals surface area contributed by atoms with Gasteiger partial charge in [-0.25, -0.2) is 0 Å². The molecule has 0 bridgehead atoms. The van der Waals surface area contributed by atoms with E-state index in [1.807, 2.05) is 0 Å². The number of rotatable bonds is 2. The molecule has 0 amide bonds. The fourth-order valence-electron chi connectivity index (χ4n) is 3.95. The highest BCUT2D eigenvalue weighted by atomic mass is 15.3. The lowest BCUT2D eigenvalue weighted by Gasteiger charge is -2.46. The number of likely N-dealkylation sites (N-methyl/N-ethyl adjacent to an activating group) is 1. The summed E-state index contributed by atoms with van der Waals surface area (Å²) in [6, 6.07) is 1.74. The van der Waals surface area contributed by atoms with Crippen LogP contribution in [0.25, 0.3) is 0 Å². The van der Waals surface area contributed by atoms with Crippen LogP contribution in [0.5, 0.6) is 0 Å². The summed E-state index contributed by atoms with van der Waals surface area (Å²) in [7, 11) is 2.25. The molecule has 4 atom stereocenters. The SMILES string of the molecule is CC1CN(CC2CC(C)(C)CCC2N)CC(C)N1C. The van der Waals surface area contributed by atoms with Crippen molar-refractivity contribution in [3.8, 4) is 0 Å². The Hall–Kier alpha value is -0.120. The molecule has 0 aromatic carbocycles. The first-order valence-electron chi connectivity index (χ1n) is 7.98. The molecule has 2 N–H and O–H groups in total. The highest BCUT2D eigenvalue weighted by molar-refractivity contribution is 4.91. The minimum Gasteiger partial charge on any atom is -0.327 e. The Morgan fingerprint density at radius 2 is 1.74 bits per heavy atom.